The molecule has 0 heterocycles. The highest BCUT2D eigenvalue weighted by Crippen LogP contribution is 2.11. The third kappa shape index (κ3) is 5.48. The Morgan fingerprint density at radius 1 is 1.14 bits per heavy atom. The minimum absolute atomic E-state index is 0.438. The average molecular weight is 297 g/mol. The summed E-state index contributed by atoms with van der Waals surface area (Å²) in [6.45, 7) is 3.40. The Morgan fingerprint density at radius 3 is 2.73 bits per heavy atom. The van der Waals surface area contributed by atoms with Gasteiger partial charge in [-0.2, -0.15) is 0 Å². The first kappa shape index (κ1) is 15.9. The molecule has 0 bridgehead atoms. The van der Waals surface area contributed by atoms with Gasteiger partial charge in [0.2, 0.25) is 0 Å². The number of nitrogens with zero attached hydrogens (tertiary/aromatic N) is 1. The molecule has 0 radical (unpaired) electrons. The van der Waals surface area contributed by atoms with E-state index >= 15 is 0 Å². The number of hydrogen-bond donors (Lipinski definition) is 2. The van der Waals surface area contributed by atoms with Gasteiger partial charge < -0.3 is 15.8 Å². The first-order valence-corrected chi connectivity index (χ1v) is 7.61. The standard InChI is InChI=1S/C18H23N3O/c1-2-15-8-6-9-16(14-15)21-18(19)20-12-7-13-22-17-10-4-3-5-11-17/h3-6,8-11,14H,2,7,12-13H2,1H3,(H3,19,20,21). The van der Waals surface area contributed by atoms with Crippen LogP contribution in [0.15, 0.2) is 59.6 Å². The summed E-state index contributed by atoms with van der Waals surface area (Å²) in [6.07, 6.45) is 1.83. The summed E-state index contributed by atoms with van der Waals surface area (Å²) in [6, 6.07) is 18.0. The van der Waals surface area contributed by atoms with Gasteiger partial charge in [0, 0.05) is 18.7 Å². The molecule has 0 saturated carbocycles. The Balaban J connectivity index is 1.71. The van der Waals surface area contributed by atoms with Crippen LogP contribution in [0.1, 0.15) is 18.9 Å². The highest BCUT2D eigenvalue weighted by Gasteiger charge is 1.97. The van der Waals surface area contributed by atoms with E-state index in [0.717, 1.165) is 24.3 Å². The van der Waals surface area contributed by atoms with E-state index in [1.807, 2.05) is 42.5 Å². The number of rotatable bonds is 7. The van der Waals surface area contributed by atoms with E-state index in [4.69, 9.17) is 10.5 Å². The van der Waals surface area contributed by atoms with Crippen molar-refractivity contribution >= 4 is 11.6 Å². The minimum Gasteiger partial charge on any atom is -0.494 e. The maximum absolute atomic E-state index is 5.89. The van der Waals surface area contributed by atoms with Crippen LogP contribution in [0.3, 0.4) is 0 Å². The van der Waals surface area contributed by atoms with Crippen molar-refractivity contribution in [2.24, 2.45) is 10.7 Å². The van der Waals surface area contributed by atoms with Crippen molar-refractivity contribution in [3.8, 4) is 5.75 Å². The Morgan fingerprint density at radius 2 is 1.95 bits per heavy atom. The molecule has 0 fully saturated rings. The molecule has 0 atom stereocenters. The van der Waals surface area contributed by atoms with Crippen molar-refractivity contribution in [2.45, 2.75) is 19.8 Å². The van der Waals surface area contributed by atoms with Crippen molar-refractivity contribution < 1.29 is 4.74 Å². The second-order valence-electron chi connectivity index (χ2n) is 4.96. The molecule has 0 aliphatic heterocycles. The van der Waals surface area contributed by atoms with Crippen molar-refractivity contribution in [1.82, 2.24) is 0 Å². The lowest BCUT2D eigenvalue weighted by Gasteiger charge is -2.07. The molecule has 0 spiro atoms. The number of hydrogen-bond acceptors (Lipinski definition) is 2. The zero-order chi connectivity index (χ0) is 15.6. The van der Waals surface area contributed by atoms with Gasteiger partial charge in [0.05, 0.1) is 6.61 Å². The fourth-order valence-corrected chi connectivity index (χ4v) is 2.03. The van der Waals surface area contributed by atoms with Crippen LogP contribution in [-0.2, 0) is 6.42 Å². The molecule has 0 amide bonds. The molecule has 2 rings (SSSR count). The van der Waals surface area contributed by atoms with Gasteiger partial charge in [0.25, 0.3) is 0 Å². The number of guanidine groups is 1. The monoisotopic (exact) mass is 297 g/mol. The van der Waals surface area contributed by atoms with Crippen molar-refractivity contribution in [3.05, 3.63) is 60.2 Å². The first-order chi connectivity index (χ1) is 10.8. The smallest absolute Gasteiger partial charge is 0.193 e. The van der Waals surface area contributed by atoms with Gasteiger partial charge in [-0.15, -0.1) is 0 Å². The van der Waals surface area contributed by atoms with Gasteiger partial charge in [0.15, 0.2) is 5.96 Å². The summed E-state index contributed by atoms with van der Waals surface area (Å²) < 4.78 is 5.61. The number of nitrogens with one attached hydrogen (secondary N) is 1. The van der Waals surface area contributed by atoms with Gasteiger partial charge >= 0.3 is 0 Å². The molecule has 4 heteroatoms. The summed E-state index contributed by atoms with van der Waals surface area (Å²) >= 11 is 0. The molecule has 0 aliphatic carbocycles. The van der Waals surface area contributed by atoms with Gasteiger partial charge in [0.1, 0.15) is 5.75 Å². The number of para-hydroxylation sites is 1. The largest absolute Gasteiger partial charge is 0.494 e. The first-order valence-electron chi connectivity index (χ1n) is 7.61. The lowest BCUT2D eigenvalue weighted by Crippen LogP contribution is -2.23. The second kappa shape index (κ2) is 8.72. The third-order valence-electron chi connectivity index (χ3n) is 3.20. The summed E-state index contributed by atoms with van der Waals surface area (Å²) in [5, 5.41) is 3.11. The molecule has 22 heavy (non-hydrogen) atoms. The molecule has 3 N–H and O–H groups in total. The van der Waals surface area contributed by atoms with Crippen LogP contribution in [0.5, 0.6) is 5.75 Å². The SMILES string of the molecule is CCc1cccc(NC(N)=NCCCOc2ccccc2)c1. The van der Waals surface area contributed by atoms with E-state index in [1.54, 1.807) is 0 Å². The summed E-state index contributed by atoms with van der Waals surface area (Å²) in [5.74, 6) is 1.32. The predicted octanol–water partition coefficient (Wildman–Crippen LogP) is 3.44. The maximum Gasteiger partial charge on any atom is 0.193 e. The average Bonchev–Trinajstić information content (AvgIpc) is 2.55. The lowest BCUT2D eigenvalue weighted by atomic mass is 10.1. The Hall–Kier alpha value is -2.49. The normalized spacial score (nSPS) is 11.2. The van der Waals surface area contributed by atoms with Crippen LogP contribution in [-0.4, -0.2) is 19.1 Å². The van der Waals surface area contributed by atoms with Crippen molar-refractivity contribution in [1.29, 1.82) is 0 Å². The van der Waals surface area contributed by atoms with Crippen LogP contribution in [0.4, 0.5) is 5.69 Å². The molecular formula is C18H23N3O. The van der Waals surface area contributed by atoms with Gasteiger partial charge in [-0.25, -0.2) is 0 Å². The lowest BCUT2D eigenvalue weighted by molar-refractivity contribution is 0.313. The number of benzene rings is 2. The summed E-state index contributed by atoms with van der Waals surface area (Å²) in [5.41, 5.74) is 8.13. The quantitative estimate of drug-likeness (QED) is 0.467. The zero-order valence-electron chi connectivity index (χ0n) is 13.0. The zero-order valence-corrected chi connectivity index (χ0v) is 13.0. The number of anilines is 1. The number of aliphatic imine (C=N–C) groups is 1. The molecule has 4 nitrogen and oxygen atoms in total. The van der Waals surface area contributed by atoms with Crippen molar-refractivity contribution in [2.75, 3.05) is 18.5 Å². The summed E-state index contributed by atoms with van der Waals surface area (Å²) in [4.78, 5) is 4.31. The minimum atomic E-state index is 0.438. The Labute approximate surface area is 132 Å². The van der Waals surface area contributed by atoms with Gasteiger partial charge in [-0.3, -0.25) is 4.99 Å². The Bertz CT molecular complexity index is 596. The molecular weight excluding hydrogens is 274 g/mol. The van der Waals surface area contributed by atoms with Crippen LogP contribution in [0.2, 0.25) is 0 Å². The van der Waals surface area contributed by atoms with E-state index in [2.05, 4.69) is 29.4 Å². The van der Waals surface area contributed by atoms with E-state index < -0.39 is 0 Å². The van der Waals surface area contributed by atoms with E-state index in [9.17, 15) is 0 Å². The summed E-state index contributed by atoms with van der Waals surface area (Å²) in [7, 11) is 0. The maximum atomic E-state index is 5.89. The number of ether oxygens (including phenoxy) is 1. The van der Waals surface area contributed by atoms with E-state index in [-0.39, 0.29) is 0 Å². The van der Waals surface area contributed by atoms with Gasteiger partial charge in [-0.1, -0.05) is 37.3 Å². The predicted molar refractivity (Wildman–Crippen MR) is 92.5 cm³/mol. The molecule has 0 unspecified atom stereocenters. The van der Waals surface area contributed by atoms with Crippen molar-refractivity contribution in [3.63, 3.8) is 0 Å². The topological polar surface area (TPSA) is 59.6 Å². The van der Waals surface area contributed by atoms with Gasteiger partial charge in [-0.05, 0) is 36.2 Å². The van der Waals surface area contributed by atoms with Crippen LogP contribution in [0, 0.1) is 0 Å². The highest BCUT2D eigenvalue weighted by molar-refractivity contribution is 5.92. The molecule has 2 aromatic carbocycles. The van der Waals surface area contributed by atoms with E-state index in [1.165, 1.54) is 5.56 Å². The van der Waals surface area contributed by atoms with E-state index in [0.29, 0.717) is 19.1 Å². The molecule has 0 aliphatic rings. The van der Waals surface area contributed by atoms with Crippen LogP contribution < -0.4 is 15.8 Å². The fourth-order valence-electron chi connectivity index (χ4n) is 2.03. The molecule has 0 aromatic heterocycles. The molecule has 2 aromatic rings. The molecule has 116 valence electrons. The van der Waals surface area contributed by atoms with Crippen LogP contribution >= 0.6 is 0 Å². The molecule has 0 saturated heterocycles. The Kier molecular flexibility index (Phi) is 6.30. The third-order valence-corrected chi connectivity index (χ3v) is 3.20. The fraction of sp³-hybridized carbons (Fsp3) is 0.278. The van der Waals surface area contributed by atoms with Crippen LogP contribution in [0.25, 0.3) is 0 Å². The second-order valence-corrected chi connectivity index (χ2v) is 4.96. The number of aryl methyl sites for hydroxylation is 1. The highest BCUT2D eigenvalue weighted by atomic mass is 16.5. The number of nitrogens with two attached hydrogens (primary N) is 1.